The van der Waals surface area contributed by atoms with Crippen molar-refractivity contribution in [2.75, 3.05) is 13.7 Å². The molecule has 4 rings (SSSR count). The molecule has 6 atom stereocenters. The zero-order chi connectivity index (χ0) is 15.3. The van der Waals surface area contributed by atoms with Crippen LogP contribution in [0.5, 0.6) is 0 Å². The molecular formula is C17H23NO5. The lowest BCUT2D eigenvalue weighted by Gasteiger charge is -2.38. The number of rotatable bonds is 4. The molecule has 3 fully saturated rings. The van der Waals surface area contributed by atoms with E-state index >= 15 is 0 Å². The van der Waals surface area contributed by atoms with Gasteiger partial charge in [-0.3, -0.25) is 9.69 Å². The summed E-state index contributed by atoms with van der Waals surface area (Å²) < 4.78 is 11.4. The molecule has 6 nitrogen and oxygen atoms in total. The van der Waals surface area contributed by atoms with E-state index in [1.165, 1.54) is 0 Å². The second kappa shape index (κ2) is 6.20. The third-order valence-electron chi connectivity index (χ3n) is 5.33. The molecule has 0 radical (unpaired) electrons. The minimum atomic E-state index is -0.593. The van der Waals surface area contributed by atoms with Crippen molar-refractivity contribution in [3.63, 3.8) is 0 Å². The van der Waals surface area contributed by atoms with Crippen LogP contribution in [0.2, 0.25) is 0 Å². The summed E-state index contributed by atoms with van der Waals surface area (Å²) in [6.45, 7) is -0.226. The second-order valence-electron chi connectivity index (χ2n) is 6.54. The van der Waals surface area contributed by atoms with E-state index in [1.807, 2.05) is 30.3 Å². The van der Waals surface area contributed by atoms with Crippen molar-refractivity contribution in [1.29, 1.82) is 0 Å². The Kier molecular flexibility index (Phi) is 4.42. The van der Waals surface area contributed by atoms with Crippen molar-refractivity contribution < 1.29 is 24.9 Å². The van der Waals surface area contributed by atoms with Crippen LogP contribution in [0, 0.1) is 0 Å². The van der Waals surface area contributed by atoms with E-state index < -0.39 is 5.92 Å². The van der Waals surface area contributed by atoms with Crippen molar-refractivity contribution >= 4 is 5.97 Å². The van der Waals surface area contributed by atoms with Gasteiger partial charge in [0.2, 0.25) is 0 Å². The van der Waals surface area contributed by atoms with Gasteiger partial charge in [-0.05, 0) is 12.6 Å². The third kappa shape index (κ3) is 2.76. The van der Waals surface area contributed by atoms with Crippen LogP contribution in [0.15, 0.2) is 30.3 Å². The summed E-state index contributed by atoms with van der Waals surface area (Å²) in [7, 11) is 2.13. The maximum atomic E-state index is 12.4. The SMILES string of the molecule is CN1[C@@H]2CC(OC(=O)[C@H](CO)c3ccccc3)C[C@H]1[C@@H]1O[C@@H]12.O. The molecule has 0 amide bonds. The lowest BCUT2D eigenvalue weighted by atomic mass is 9.97. The lowest BCUT2D eigenvalue weighted by Crippen LogP contribution is -2.48. The van der Waals surface area contributed by atoms with Gasteiger partial charge in [-0.1, -0.05) is 30.3 Å². The molecule has 23 heavy (non-hydrogen) atoms. The molecule has 3 aliphatic heterocycles. The molecule has 3 saturated heterocycles. The second-order valence-corrected chi connectivity index (χ2v) is 6.54. The number of benzene rings is 1. The third-order valence-corrected chi connectivity index (χ3v) is 5.33. The van der Waals surface area contributed by atoms with Gasteiger partial charge in [-0.2, -0.15) is 0 Å². The maximum Gasteiger partial charge on any atom is 0.316 e. The Morgan fingerprint density at radius 2 is 1.91 bits per heavy atom. The number of aliphatic hydroxyl groups excluding tert-OH is 1. The van der Waals surface area contributed by atoms with Crippen molar-refractivity contribution in [2.45, 2.75) is 49.2 Å². The van der Waals surface area contributed by atoms with Gasteiger partial charge in [0.05, 0.1) is 6.61 Å². The minimum absolute atomic E-state index is 0. The average molecular weight is 321 g/mol. The number of hydrogen-bond donors (Lipinski definition) is 1. The number of ether oxygens (including phenoxy) is 2. The fourth-order valence-corrected chi connectivity index (χ4v) is 4.04. The van der Waals surface area contributed by atoms with Crippen molar-refractivity contribution in [1.82, 2.24) is 4.90 Å². The topological polar surface area (TPSA) is 93.8 Å². The maximum absolute atomic E-state index is 12.4. The zero-order valence-corrected chi connectivity index (χ0v) is 13.1. The number of carbonyl (C=O) groups is 1. The summed E-state index contributed by atoms with van der Waals surface area (Å²) >= 11 is 0. The van der Waals surface area contributed by atoms with Gasteiger partial charge in [-0.25, -0.2) is 0 Å². The van der Waals surface area contributed by atoms with E-state index in [9.17, 15) is 9.90 Å². The highest BCUT2D eigenvalue weighted by Crippen LogP contribution is 2.48. The number of hydrogen-bond acceptors (Lipinski definition) is 5. The number of fused-ring (bicyclic) bond motifs is 5. The molecule has 3 N–H and O–H groups in total. The summed E-state index contributed by atoms with van der Waals surface area (Å²) in [5.41, 5.74) is 0.803. The predicted octanol–water partition coefficient (Wildman–Crippen LogP) is 0.0934. The molecule has 6 heteroatoms. The number of epoxide rings is 1. The molecule has 1 aromatic rings. The summed E-state index contributed by atoms with van der Waals surface area (Å²) in [4.78, 5) is 14.8. The Hall–Kier alpha value is -1.47. The molecule has 3 heterocycles. The largest absolute Gasteiger partial charge is 0.462 e. The Labute approximate surface area is 135 Å². The van der Waals surface area contributed by atoms with Gasteiger partial charge in [0.15, 0.2) is 0 Å². The Bertz CT molecular complexity index is 547. The molecule has 3 aliphatic rings. The van der Waals surface area contributed by atoms with Crippen LogP contribution in [-0.2, 0) is 14.3 Å². The summed E-state index contributed by atoms with van der Waals surface area (Å²) in [6, 6.07) is 10.1. The van der Waals surface area contributed by atoms with Crippen molar-refractivity contribution in [3.05, 3.63) is 35.9 Å². The number of esters is 1. The van der Waals surface area contributed by atoms with Crippen LogP contribution in [0.4, 0.5) is 0 Å². The van der Waals surface area contributed by atoms with Gasteiger partial charge in [0, 0.05) is 24.9 Å². The summed E-state index contributed by atoms with van der Waals surface area (Å²) in [6.07, 6.45) is 2.26. The number of nitrogens with zero attached hydrogens (tertiary/aromatic N) is 1. The first-order valence-corrected chi connectivity index (χ1v) is 7.92. The van der Waals surface area contributed by atoms with Gasteiger partial charge in [-0.15, -0.1) is 0 Å². The van der Waals surface area contributed by atoms with E-state index in [2.05, 4.69) is 11.9 Å². The molecule has 0 aromatic heterocycles. The Balaban J connectivity index is 0.00000156. The highest BCUT2D eigenvalue weighted by atomic mass is 16.6. The fraction of sp³-hybridized carbons (Fsp3) is 0.588. The zero-order valence-electron chi connectivity index (χ0n) is 13.1. The van der Waals surface area contributed by atoms with Crippen LogP contribution in [0.3, 0.4) is 0 Å². The number of morpholine rings is 1. The first kappa shape index (κ1) is 16.4. The molecule has 126 valence electrons. The predicted molar refractivity (Wildman–Crippen MR) is 83.0 cm³/mol. The van der Waals surface area contributed by atoms with Crippen LogP contribution >= 0.6 is 0 Å². The van der Waals surface area contributed by atoms with E-state index in [1.54, 1.807) is 0 Å². The monoisotopic (exact) mass is 321 g/mol. The highest BCUT2D eigenvalue weighted by Gasteiger charge is 2.62. The molecule has 0 aliphatic carbocycles. The molecule has 1 unspecified atom stereocenters. The van der Waals surface area contributed by atoms with Gasteiger partial charge in [0.1, 0.15) is 24.2 Å². The first-order chi connectivity index (χ1) is 10.7. The van der Waals surface area contributed by atoms with E-state index in [4.69, 9.17) is 9.47 Å². The molecule has 0 spiro atoms. The number of likely N-dealkylation sites (N-methyl/N-ethyl adjacent to an activating group) is 1. The smallest absolute Gasteiger partial charge is 0.316 e. The molecule has 0 saturated carbocycles. The van der Waals surface area contributed by atoms with Crippen molar-refractivity contribution in [2.24, 2.45) is 0 Å². The summed E-state index contributed by atoms with van der Waals surface area (Å²) in [5.74, 6) is -0.915. The molecule has 1 aromatic carbocycles. The van der Waals surface area contributed by atoms with Crippen LogP contribution < -0.4 is 0 Å². The Morgan fingerprint density at radius 1 is 1.30 bits per heavy atom. The normalized spacial score (nSPS) is 35.8. The van der Waals surface area contributed by atoms with Crippen LogP contribution in [-0.4, -0.2) is 65.5 Å². The van der Waals surface area contributed by atoms with Gasteiger partial charge >= 0.3 is 5.97 Å². The summed E-state index contributed by atoms with van der Waals surface area (Å²) in [5, 5.41) is 9.56. The molecule has 2 bridgehead atoms. The van der Waals surface area contributed by atoms with Gasteiger partial charge in [0.25, 0.3) is 0 Å². The van der Waals surface area contributed by atoms with Crippen LogP contribution in [0.25, 0.3) is 0 Å². The van der Waals surface area contributed by atoms with E-state index in [-0.39, 0.29) is 24.2 Å². The minimum Gasteiger partial charge on any atom is -0.462 e. The number of aliphatic hydroxyl groups is 1. The average Bonchev–Trinajstić information content (AvgIpc) is 3.27. The van der Waals surface area contributed by atoms with E-state index in [0.717, 1.165) is 18.4 Å². The van der Waals surface area contributed by atoms with Crippen LogP contribution in [0.1, 0.15) is 24.3 Å². The lowest BCUT2D eigenvalue weighted by molar-refractivity contribution is -0.156. The number of piperidine rings is 1. The Morgan fingerprint density at radius 3 is 2.48 bits per heavy atom. The van der Waals surface area contributed by atoms with E-state index in [0.29, 0.717) is 24.3 Å². The standard InChI is InChI=1S/C17H21NO4.H2O/c1-18-13-7-11(8-14(18)16-15(13)22-16)21-17(20)12(9-19)10-5-3-2-4-6-10;/h2-6,11-16,19H,7-9H2,1H3;1H2/t11?,12-,13-,14+,15-,16+;/m1./s1. The first-order valence-electron chi connectivity index (χ1n) is 7.92. The highest BCUT2D eigenvalue weighted by molar-refractivity contribution is 5.78. The van der Waals surface area contributed by atoms with Crippen molar-refractivity contribution in [3.8, 4) is 0 Å². The fourth-order valence-electron chi connectivity index (χ4n) is 4.04. The quantitative estimate of drug-likeness (QED) is 0.627. The number of carbonyl (C=O) groups excluding carboxylic acids is 1. The van der Waals surface area contributed by atoms with Gasteiger partial charge < -0.3 is 20.1 Å². The molecular weight excluding hydrogens is 298 g/mol.